The van der Waals surface area contributed by atoms with Gasteiger partial charge in [0.05, 0.1) is 5.69 Å². The second kappa shape index (κ2) is 4.92. The number of aromatic nitrogens is 2. The van der Waals surface area contributed by atoms with Crippen LogP contribution in [0.15, 0.2) is 35.1 Å². The maximum atomic E-state index is 4.33. The predicted octanol–water partition coefficient (Wildman–Crippen LogP) is 3.76. The Hall–Kier alpha value is -1.29. The predicted molar refractivity (Wildman–Crippen MR) is 74.8 cm³/mol. The Morgan fingerprint density at radius 3 is 2.82 bits per heavy atom. The molecule has 0 aliphatic rings. The van der Waals surface area contributed by atoms with Crippen molar-refractivity contribution in [2.75, 3.05) is 5.32 Å². The molecule has 0 unspecified atom stereocenters. The van der Waals surface area contributed by atoms with E-state index in [0.29, 0.717) is 6.04 Å². The molecule has 1 heterocycles. The van der Waals surface area contributed by atoms with Gasteiger partial charge in [0.1, 0.15) is 0 Å². The highest BCUT2D eigenvalue weighted by Crippen LogP contribution is 2.25. The van der Waals surface area contributed by atoms with E-state index >= 15 is 0 Å². The van der Waals surface area contributed by atoms with Gasteiger partial charge in [-0.05, 0) is 54.4 Å². The molecule has 0 aliphatic heterocycles. The summed E-state index contributed by atoms with van der Waals surface area (Å²) in [6.07, 6.45) is 3.77. The van der Waals surface area contributed by atoms with E-state index in [4.69, 9.17) is 0 Å². The molecule has 2 rings (SSSR count). The molecule has 0 radical (unpaired) electrons. The van der Waals surface area contributed by atoms with Crippen LogP contribution in [0.3, 0.4) is 0 Å². The minimum atomic E-state index is 0.361. The molecule has 17 heavy (non-hydrogen) atoms. The molecule has 0 fully saturated rings. The molecule has 1 aromatic carbocycles. The van der Waals surface area contributed by atoms with Crippen molar-refractivity contribution < 1.29 is 0 Å². The largest absolute Gasteiger partial charge is 0.353 e. The van der Waals surface area contributed by atoms with Crippen molar-refractivity contribution in [1.29, 1.82) is 0 Å². The first-order valence-corrected chi connectivity index (χ1v) is 6.43. The Morgan fingerprint density at radius 1 is 1.35 bits per heavy atom. The fourth-order valence-electron chi connectivity index (χ4n) is 1.67. The lowest BCUT2D eigenvalue weighted by Crippen LogP contribution is -2.14. The van der Waals surface area contributed by atoms with Gasteiger partial charge in [0.25, 0.3) is 0 Å². The third-order valence-corrected chi connectivity index (χ3v) is 3.09. The monoisotopic (exact) mass is 293 g/mol. The second-order valence-corrected chi connectivity index (χ2v) is 5.23. The summed E-state index contributed by atoms with van der Waals surface area (Å²) in [5, 5.41) is 3.33. The van der Waals surface area contributed by atoms with Gasteiger partial charge in [0.15, 0.2) is 0 Å². The molecular formula is C13H16BrN3. The highest BCUT2D eigenvalue weighted by atomic mass is 79.9. The zero-order chi connectivity index (χ0) is 12.4. The van der Waals surface area contributed by atoms with E-state index < -0.39 is 0 Å². The molecule has 3 nitrogen and oxygen atoms in total. The summed E-state index contributed by atoms with van der Waals surface area (Å²) in [7, 11) is 0. The smallest absolute Gasteiger partial charge is 0.207 e. The van der Waals surface area contributed by atoms with Crippen LogP contribution in [-0.2, 0) is 0 Å². The quantitative estimate of drug-likeness (QED) is 0.934. The van der Waals surface area contributed by atoms with Gasteiger partial charge in [0, 0.05) is 22.9 Å². The Kier molecular flexibility index (Phi) is 3.52. The number of rotatable bonds is 3. The van der Waals surface area contributed by atoms with E-state index in [1.807, 2.05) is 6.20 Å². The first-order valence-electron chi connectivity index (χ1n) is 5.64. The van der Waals surface area contributed by atoms with Crippen molar-refractivity contribution >= 4 is 21.9 Å². The second-order valence-electron chi connectivity index (χ2n) is 4.37. The highest BCUT2D eigenvalue weighted by molar-refractivity contribution is 9.10. The van der Waals surface area contributed by atoms with Crippen molar-refractivity contribution in [3.8, 4) is 5.69 Å². The first-order chi connectivity index (χ1) is 8.08. The van der Waals surface area contributed by atoms with Gasteiger partial charge in [-0.15, -0.1) is 0 Å². The summed E-state index contributed by atoms with van der Waals surface area (Å²) in [6, 6.07) is 6.64. The summed E-state index contributed by atoms with van der Waals surface area (Å²) in [6.45, 7) is 6.29. The van der Waals surface area contributed by atoms with E-state index in [2.05, 4.69) is 69.8 Å². The number of nitrogens with one attached hydrogen (secondary N) is 1. The Labute approximate surface area is 110 Å². The van der Waals surface area contributed by atoms with Crippen molar-refractivity contribution in [1.82, 2.24) is 9.55 Å². The average molecular weight is 294 g/mol. The molecule has 0 saturated carbocycles. The third-order valence-electron chi connectivity index (χ3n) is 2.42. The Balaban J connectivity index is 2.45. The Morgan fingerprint density at radius 2 is 2.12 bits per heavy atom. The van der Waals surface area contributed by atoms with Gasteiger partial charge in [-0.1, -0.05) is 6.07 Å². The van der Waals surface area contributed by atoms with Crippen molar-refractivity contribution in [3.05, 3.63) is 40.6 Å². The lowest BCUT2D eigenvalue weighted by Gasteiger charge is -2.14. The summed E-state index contributed by atoms with van der Waals surface area (Å²) in [4.78, 5) is 4.33. The molecular weight excluding hydrogens is 278 g/mol. The van der Waals surface area contributed by atoms with Crippen molar-refractivity contribution in [2.45, 2.75) is 26.8 Å². The fourth-order valence-corrected chi connectivity index (χ4v) is 2.11. The van der Waals surface area contributed by atoms with Crippen molar-refractivity contribution in [3.63, 3.8) is 0 Å². The minimum Gasteiger partial charge on any atom is -0.353 e. The van der Waals surface area contributed by atoms with E-state index in [1.54, 1.807) is 6.20 Å². The first kappa shape index (κ1) is 12.2. The molecule has 0 atom stereocenters. The molecule has 0 saturated heterocycles. The van der Waals surface area contributed by atoms with Gasteiger partial charge < -0.3 is 5.32 Å². The van der Waals surface area contributed by atoms with Crippen LogP contribution in [0.2, 0.25) is 0 Å². The van der Waals surface area contributed by atoms with E-state index in [9.17, 15) is 0 Å². The molecule has 1 N–H and O–H groups in total. The molecule has 0 amide bonds. The number of halogens is 1. The average Bonchev–Trinajstić information content (AvgIpc) is 2.69. The number of anilines is 1. The molecule has 0 aliphatic carbocycles. The van der Waals surface area contributed by atoms with Crippen LogP contribution in [0, 0.1) is 6.92 Å². The van der Waals surface area contributed by atoms with Crippen LogP contribution in [0.1, 0.15) is 19.4 Å². The van der Waals surface area contributed by atoms with Crippen LogP contribution in [0.25, 0.3) is 5.69 Å². The van der Waals surface area contributed by atoms with Crippen LogP contribution in [0.5, 0.6) is 0 Å². The maximum absolute atomic E-state index is 4.33. The molecule has 1 aromatic heterocycles. The third kappa shape index (κ3) is 2.69. The number of hydrogen-bond donors (Lipinski definition) is 1. The lowest BCUT2D eigenvalue weighted by molar-refractivity contribution is 0.863. The van der Waals surface area contributed by atoms with Crippen LogP contribution in [-0.4, -0.2) is 15.6 Å². The summed E-state index contributed by atoms with van der Waals surface area (Å²) >= 11 is 3.58. The van der Waals surface area contributed by atoms with Crippen LogP contribution < -0.4 is 5.32 Å². The van der Waals surface area contributed by atoms with E-state index in [-0.39, 0.29) is 0 Å². The molecule has 90 valence electrons. The Bertz CT molecular complexity index is 517. The SMILES string of the molecule is Cc1ccc(Br)c(-n2ccnc2NC(C)C)c1. The molecule has 0 spiro atoms. The summed E-state index contributed by atoms with van der Waals surface area (Å²) < 4.78 is 3.12. The number of aryl methyl sites for hydroxylation is 1. The van der Waals surface area contributed by atoms with Gasteiger partial charge in [-0.25, -0.2) is 4.98 Å². The topological polar surface area (TPSA) is 29.9 Å². The van der Waals surface area contributed by atoms with Gasteiger partial charge in [0.2, 0.25) is 5.95 Å². The van der Waals surface area contributed by atoms with E-state index in [1.165, 1.54) is 5.56 Å². The lowest BCUT2D eigenvalue weighted by atomic mass is 10.2. The maximum Gasteiger partial charge on any atom is 0.207 e. The standard InChI is InChI=1S/C13H16BrN3/c1-9(2)16-13-15-6-7-17(13)12-8-10(3)4-5-11(12)14/h4-9H,1-3H3,(H,15,16). The highest BCUT2D eigenvalue weighted by Gasteiger charge is 2.08. The minimum absolute atomic E-state index is 0.361. The zero-order valence-electron chi connectivity index (χ0n) is 10.2. The number of imidazole rings is 1. The number of benzene rings is 1. The molecule has 4 heteroatoms. The number of nitrogens with zero attached hydrogens (tertiary/aromatic N) is 2. The van der Waals surface area contributed by atoms with Gasteiger partial charge >= 0.3 is 0 Å². The molecule has 0 bridgehead atoms. The zero-order valence-corrected chi connectivity index (χ0v) is 11.8. The normalized spacial score (nSPS) is 10.9. The van der Waals surface area contributed by atoms with Crippen LogP contribution >= 0.6 is 15.9 Å². The van der Waals surface area contributed by atoms with Gasteiger partial charge in [-0.3, -0.25) is 4.57 Å². The van der Waals surface area contributed by atoms with Gasteiger partial charge in [-0.2, -0.15) is 0 Å². The van der Waals surface area contributed by atoms with E-state index in [0.717, 1.165) is 16.1 Å². The summed E-state index contributed by atoms with van der Waals surface area (Å²) in [5.41, 5.74) is 2.33. The summed E-state index contributed by atoms with van der Waals surface area (Å²) in [5.74, 6) is 0.867. The number of hydrogen-bond acceptors (Lipinski definition) is 2. The fraction of sp³-hybridized carbons (Fsp3) is 0.308. The van der Waals surface area contributed by atoms with Crippen LogP contribution in [0.4, 0.5) is 5.95 Å². The molecule has 2 aromatic rings. The van der Waals surface area contributed by atoms with Crippen molar-refractivity contribution in [2.24, 2.45) is 0 Å².